The van der Waals surface area contributed by atoms with Crippen LogP contribution in [0, 0.1) is 5.92 Å². The van der Waals surface area contributed by atoms with Crippen molar-refractivity contribution in [1.29, 1.82) is 0 Å². The van der Waals surface area contributed by atoms with Gasteiger partial charge in [0.05, 0.1) is 5.92 Å². The van der Waals surface area contributed by atoms with Gasteiger partial charge < -0.3 is 20.9 Å². The molecule has 1 aliphatic heterocycles. The van der Waals surface area contributed by atoms with Gasteiger partial charge in [-0.1, -0.05) is 0 Å². The Morgan fingerprint density at radius 3 is 2.80 bits per heavy atom. The molecule has 0 bridgehead atoms. The van der Waals surface area contributed by atoms with Crippen LogP contribution in [0.15, 0.2) is 18.3 Å². The van der Waals surface area contributed by atoms with Crippen LogP contribution in [0.4, 0.5) is 17.6 Å². The van der Waals surface area contributed by atoms with E-state index < -0.39 is 0 Å². The predicted octanol–water partition coefficient (Wildman–Crippen LogP) is 2.23. The normalized spacial score (nSPS) is 24.3. The van der Waals surface area contributed by atoms with Gasteiger partial charge in [0, 0.05) is 50.7 Å². The Balaban J connectivity index is 1.38. The van der Waals surface area contributed by atoms with Crippen LogP contribution in [0.1, 0.15) is 50.6 Å². The second-order valence-electron chi connectivity index (χ2n) is 8.50. The average Bonchev–Trinajstić information content (AvgIpc) is 3.35. The first-order valence-electron chi connectivity index (χ1n) is 10.9. The number of carbonyl (C=O) groups excluding carboxylic acids is 1. The molecule has 1 saturated carbocycles. The van der Waals surface area contributed by atoms with Gasteiger partial charge in [0.2, 0.25) is 11.9 Å². The molecule has 0 spiro atoms. The van der Waals surface area contributed by atoms with Crippen molar-refractivity contribution < 1.29 is 4.79 Å². The van der Waals surface area contributed by atoms with Gasteiger partial charge in [-0.15, -0.1) is 0 Å². The highest BCUT2D eigenvalue weighted by Crippen LogP contribution is 2.29. The fraction of sp³-hybridized carbons (Fsp3) is 0.619. The summed E-state index contributed by atoms with van der Waals surface area (Å²) in [5.41, 5.74) is 6.87. The smallest absolute Gasteiger partial charge is 0.231 e. The maximum atomic E-state index is 12.4. The molecule has 162 valence electrons. The Hall–Kier alpha value is -2.68. The Morgan fingerprint density at radius 1 is 1.27 bits per heavy atom. The van der Waals surface area contributed by atoms with Gasteiger partial charge in [-0.25, -0.2) is 4.98 Å². The molecule has 1 atom stereocenters. The SMILES string of the molecule is CCN1CC[C@H](c2cc(Nc3ccnc(N(C)CC4CCC(N)CC4)n3)n[nH]2)C1=O. The van der Waals surface area contributed by atoms with Crippen molar-refractivity contribution in [3.8, 4) is 0 Å². The zero-order valence-electron chi connectivity index (χ0n) is 17.8. The summed E-state index contributed by atoms with van der Waals surface area (Å²) in [7, 11) is 2.03. The first kappa shape index (κ1) is 20.6. The highest BCUT2D eigenvalue weighted by molar-refractivity contribution is 5.85. The minimum Gasteiger partial charge on any atom is -0.344 e. The van der Waals surface area contributed by atoms with E-state index in [1.165, 1.54) is 0 Å². The van der Waals surface area contributed by atoms with Crippen molar-refractivity contribution in [2.75, 3.05) is 36.9 Å². The van der Waals surface area contributed by atoms with Gasteiger partial charge in [-0.05, 0) is 51.0 Å². The number of likely N-dealkylation sites (N-methyl/N-ethyl adjacent to an activating group) is 1. The molecule has 4 rings (SSSR count). The van der Waals surface area contributed by atoms with Gasteiger partial charge in [-0.3, -0.25) is 9.89 Å². The number of aromatic nitrogens is 4. The van der Waals surface area contributed by atoms with Crippen LogP contribution in [0.3, 0.4) is 0 Å². The Morgan fingerprint density at radius 2 is 2.07 bits per heavy atom. The monoisotopic (exact) mass is 412 g/mol. The van der Waals surface area contributed by atoms with Crippen molar-refractivity contribution in [2.45, 2.75) is 51.0 Å². The number of likely N-dealkylation sites (tertiary alicyclic amines) is 1. The van der Waals surface area contributed by atoms with Crippen LogP contribution in [0.2, 0.25) is 0 Å². The van der Waals surface area contributed by atoms with Crippen LogP contribution >= 0.6 is 0 Å². The van der Waals surface area contributed by atoms with E-state index in [-0.39, 0.29) is 11.8 Å². The lowest BCUT2D eigenvalue weighted by atomic mass is 9.86. The number of rotatable bonds is 7. The topological polar surface area (TPSA) is 116 Å². The summed E-state index contributed by atoms with van der Waals surface area (Å²) in [5, 5.41) is 10.6. The molecule has 3 heterocycles. The van der Waals surface area contributed by atoms with E-state index in [9.17, 15) is 4.79 Å². The van der Waals surface area contributed by atoms with Crippen molar-refractivity contribution in [1.82, 2.24) is 25.1 Å². The molecule has 30 heavy (non-hydrogen) atoms. The lowest BCUT2D eigenvalue weighted by Gasteiger charge is -2.29. The average molecular weight is 413 g/mol. The summed E-state index contributed by atoms with van der Waals surface area (Å²) in [5.74, 6) is 2.70. The lowest BCUT2D eigenvalue weighted by Crippen LogP contribution is -2.33. The first-order valence-corrected chi connectivity index (χ1v) is 10.9. The van der Waals surface area contributed by atoms with Gasteiger partial charge in [0.15, 0.2) is 5.82 Å². The largest absolute Gasteiger partial charge is 0.344 e. The van der Waals surface area contributed by atoms with Crippen molar-refractivity contribution in [3.05, 3.63) is 24.0 Å². The molecular weight excluding hydrogens is 380 g/mol. The molecule has 1 saturated heterocycles. The second kappa shape index (κ2) is 8.99. The Bertz CT molecular complexity index is 860. The number of amides is 1. The molecule has 1 amide bonds. The minimum atomic E-state index is -0.135. The number of aromatic amines is 1. The van der Waals surface area contributed by atoms with Crippen LogP contribution in [-0.2, 0) is 4.79 Å². The zero-order chi connectivity index (χ0) is 21.1. The standard InChI is InChI=1S/C21H32N8O/c1-3-29-11-9-16(20(29)30)17-12-19(27-26-17)24-18-8-10-23-21(25-18)28(2)13-14-4-6-15(22)7-5-14/h8,10,12,14-16H,3-7,9,11,13,22H2,1-2H3,(H2,23,24,25,26,27)/t14?,15?,16-/m1/s1. The van der Waals surface area contributed by atoms with Crippen molar-refractivity contribution >= 4 is 23.5 Å². The molecule has 2 aliphatic rings. The highest BCUT2D eigenvalue weighted by Gasteiger charge is 2.33. The molecule has 2 aromatic heterocycles. The van der Waals surface area contributed by atoms with Crippen molar-refractivity contribution in [2.24, 2.45) is 11.7 Å². The third kappa shape index (κ3) is 4.56. The third-order valence-electron chi connectivity index (χ3n) is 6.32. The molecular formula is C21H32N8O. The number of nitrogens with one attached hydrogen (secondary N) is 2. The van der Waals surface area contributed by atoms with Gasteiger partial charge in [0.25, 0.3) is 0 Å². The van der Waals surface area contributed by atoms with Gasteiger partial charge in [0.1, 0.15) is 5.82 Å². The fourth-order valence-electron chi connectivity index (χ4n) is 4.49. The van der Waals surface area contributed by atoms with Crippen molar-refractivity contribution in [3.63, 3.8) is 0 Å². The van der Waals surface area contributed by atoms with E-state index in [0.717, 1.165) is 57.4 Å². The van der Waals surface area contributed by atoms with E-state index in [2.05, 4.69) is 30.4 Å². The lowest BCUT2D eigenvalue weighted by molar-refractivity contribution is -0.128. The number of hydrogen-bond acceptors (Lipinski definition) is 7. The molecule has 2 aromatic rings. The Labute approximate surface area is 177 Å². The van der Waals surface area contributed by atoms with Crippen LogP contribution in [0.25, 0.3) is 0 Å². The molecule has 4 N–H and O–H groups in total. The first-order chi connectivity index (χ1) is 14.5. The number of hydrogen-bond donors (Lipinski definition) is 3. The summed E-state index contributed by atoms with van der Waals surface area (Å²) in [6.45, 7) is 4.49. The van der Waals surface area contributed by atoms with Crippen LogP contribution in [-0.4, -0.2) is 63.7 Å². The summed E-state index contributed by atoms with van der Waals surface area (Å²) in [6.07, 6.45) is 7.10. The van der Waals surface area contributed by atoms with E-state index in [1.807, 2.05) is 31.0 Å². The van der Waals surface area contributed by atoms with Crippen LogP contribution in [0.5, 0.6) is 0 Å². The summed E-state index contributed by atoms with van der Waals surface area (Å²) in [6, 6.07) is 4.09. The summed E-state index contributed by atoms with van der Waals surface area (Å²) < 4.78 is 0. The van der Waals surface area contributed by atoms with Gasteiger partial charge >= 0.3 is 0 Å². The quantitative estimate of drug-likeness (QED) is 0.638. The summed E-state index contributed by atoms with van der Waals surface area (Å²) >= 11 is 0. The zero-order valence-corrected chi connectivity index (χ0v) is 17.8. The number of H-pyrrole nitrogens is 1. The number of carbonyl (C=O) groups is 1. The summed E-state index contributed by atoms with van der Waals surface area (Å²) in [4.78, 5) is 25.5. The minimum absolute atomic E-state index is 0.135. The fourth-order valence-corrected chi connectivity index (χ4v) is 4.49. The van der Waals surface area contributed by atoms with E-state index in [4.69, 9.17) is 5.73 Å². The van der Waals surface area contributed by atoms with Crippen LogP contribution < -0.4 is 16.0 Å². The van der Waals surface area contributed by atoms with E-state index >= 15 is 0 Å². The Kier molecular flexibility index (Phi) is 6.17. The van der Waals surface area contributed by atoms with E-state index in [0.29, 0.717) is 29.5 Å². The highest BCUT2D eigenvalue weighted by atomic mass is 16.2. The molecule has 0 radical (unpaired) electrons. The number of nitrogens with two attached hydrogens (primary N) is 1. The molecule has 0 unspecified atom stereocenters. The third-order valence-corrected chi connectivity index (χ3v) is 6.32. The number of anilines is 3. The predicted molar refractivity (Wildman–Crippen MR) is 117 cm³/mol. The van der Waals surface area contributed by atoms with E-state index in [1.54, 1.807) is 6.20 Å². The molecule has 9 nitrogen and oxygen atoms in total. The molecule has 1 aliphatic carbocycles. The maximum absolute atomic E-state index is 12.4. The second-order valence-corrected chi connectivity index (χ2v) is 8.50. The molecule has 0 aromatic carbocycles. The maximum Gasteiger partial charge on any atom is 0.231 e. The number of nitrogens with zero attached hydrogens (tertiary/aromatic N) is 5. The van der Waals surface area contributed by atoms with Gasteiger partial charge in [-0.2, -0.15) is 10.1 Å². The molecule has 9 heteroatoms. The molecule has 2 fully saturated rings.